The van der Waals surface area contributed by atoms with Crippen LogP contribution in [0.15, 0.2) is 35.3 Å². The minimum Gasteiger partial charge on any atom is -0.381 e. The summed E-state index contributed by atoms with van der Waals surface area (Å²) >= 11 is 0. The Morgan fingerprint density at radius 2 is 2.00 bits per heavy atom. The fourth-order valence-corrected chi connectivity index (χ4v) is 2.73. The molecule has 1 atom stereocenters. The summed E-state index contributed by atoms with van der Waals surface area (Å²) in [7, 11) is 0. The summed E-state index contributed by atoms with van der Waals surface area (Å²) in [6.45, 7) is 6.56. The van der Waals surface area contributed by atoms with Crippen LogP contribution >= 0.6 is 0 Å². The van der Waals surface area contributed by atoms with Crippen molar-refractivity contribution in [1.29, 1.82) is 0 Å². The molecule has 0 aromatic heterocycles. The van der Waals surface area contributed by atoms with Gasteiger partial charge in [-0.25, -0.2) is 0 Å². The van der Waals surface area contributed by atoms with Crippen LogP contribution in [0, 0.1) is 0 Å². The standard InChI is InChI=1S/C17H27N3O/c1-3-14(2)20-16(18)19-13-17(9-11-21-12-10-17)15-7-5-4-6-8-15/h4-8,14H,3,9-13H2,1-2H3,(H3,18,19,20). The first-order chi connectivity index (χ1) is 10.2. The number of benzene rings is 1. The lowest BCUT2D eigenvalue weighted by molar-refractivity contribution is 0.0531. The topological polar surface area (TPSA) is 59.6 Å². The average Bonchev–Trinajstić information content (AvgIpc) is 2.54. The van der Waals surface area contributed by atoms with E-state index in [-0.39, 0.29) is 5.41 Å². The second-order valence-corrected chi connectivity index (χ2v) is 5.91. The molecule has 1 aromatic rings. The van der Waals surface area contributed by atoms with Gasteiger partial charge in [0.2, 0.25) is 0 Å². The molecule has 0 amide bonds. The third kappa shape index (κ3) is 4.21. The van der Waals surface area contributed by atoms with E-state index < -0.39 is 0 Å². The highest BCUT2D eigenvalue weighted by Crippen LogP contribution is 2.35. The normalized spacial score (nSPS) is 20.0. The molecular formula is C17H27N3O. The van der Waals surface area contributed by atoms with E-state index in [0.717, 1.165) is 39.0 Å². The molecule has 1 saturated heterocycles. The molecule has 0 spiro atoms. The van der Waals surface area contributed by atoms with Gasteiger partial charge < -0.3 is 15.8 Å². The van der Waals surface area contributed by atoms with E-state index in [9.17, 15) is 0 Å². The zero-order valence-electron chi connectivity index (χ0n) is 13.1. The smallest absolute Gasteiger partial charge is 0.188 e. The van der Waals surface area contributed by atoms with Crippen LogP contribution < -0.4 is 11.1 Å². The molecule has 4 heteroatoms. The second-order valence-electron chi connectivity index (χ2n) is 5.91. The molecular weight excluding hydrogens is 262 g/mol. The van der Waals surface area contributed by atoms with E-state index in [1.54, 1.807) is 0 Å². The number of hydrogen-bond donors (Lipinski definition) is 2. The molecule has 1 unspecified atom stereocenters. The maximum absolute atomic E-state index is 6.01. The van der Waals surface area contributed by atoms with Gasteiger partial charge in [-0.2, -0.15) is 0 Å². The first kappa shape index (κ1) is 15.8. The first-order valence-electron chi connectivity index (χ1n) is 7.86. The Morgan fingerprint density at radius 1 is 1.33 bits per heavy atom. The van der Waals surface area contributed by atoms with Gasteiger partial charge in [-0.15, -0.1) is 0 Å². The highest BCUT2D eigenvalue weighted by Gasteiger charge is 2.34. The number of guanidine groups is 1. The molecule has 21 heavy (non-hydrogen) atoms. The van der Waals surface area contributed by atoms with Crippen LogP contribution in [0.3, 0.4) is 0 Å². The summed E-state index contributed by atoms with van der Waals surface area (Å²) in [5, 5.41) is 3.23. The highest BCUT2D eigenvalue weighted by molar-refractivity contribution is 5.78. The van der Waals surface area contributed by atoms with Crippen molar-refractivity contribution in [1.82, 2.24) is 5.32 Å². The Morgan fingerprint density at radius 3 is 2.62 bits per heavy atom. The second kappa shape index (κ2) is 7.46. The molecule has 3 N–H and O–H groups in total. The SMILES string of the molecule is CCC(C)NC(N)=NCC1(c2ccccc2)CCOCC1. The van der Waals surface area contributed by atoms with Crippen molar-refractivity contribution in [3.8, 4) is 0 Å². The molecule has 1 aromatic carbocycles. The van der Waals surface area contributed by atoms with Crippen molar-refractivity contribution in [2.24, 2.45) is 10.7 Å². The predicted molar refractivity (Wildman–Crippen MR) is 87.6 cm³/mol. The quantitative estimate of drug-likeness (QED) is 0.646. The highest BCUT2D eigenvalue weighted by atomic mass is 16.5. The van der Waals surface area contributed by atoms with Crippen LogP contribution in [0.2, 0.25) is 0 Å². The summed E-state index contributed by atoms with van der Waals surface area (Å²) in [6, 6.07) is 11.0. The number of hydrogen-bond acceptors (Lipinski definition) is 2. The van der Waals surface area contributed by atoms with Gasteiger partial charge in [0.25, 0.3) is 0 Å². The molecule has 0 bridgehead atoms. The Balaban J connectivity index is 2.12. The number of aliphatic imine (C=N–C) groups is 1. The van der Waals surface area contributed by atoms with Crippen LogP contribution in [0.5, 0.6) is 0 Å². The van der Waals surface area contributed by atoms with Gasteiger partial charge in [0.05, 0.1) is 6.54 Å². The molecule has 116 valence electrons. The van der Waals surface area contributed by atoms with Gasteiger partial charge in [-0.05, 0) is 31.7 Å². The summed E-state index contributed by atoms with van der Waals surface area (Å²) in [6.07, 6.45) is 3.03. The van der Waals surface area contributed by atoms with E-state index >= 15 is 0 Å². The van der Waals surface area contributed by atoms with Crippen LogP contribution in [-0.4, -0.2) is 31.8 Å². The Hall–Kier alpha value is -1.55. The maximum Gasteiger partial charge on any atom is 0.188 e. The van der Waals surface area contributed by atoms with Crippen molar-refractivity contribution in [2.45, 2.75) is 44.6 Å². The summed E-state index contributed by atoms with van der Waals surface area (Å²) in [4.78, 5) is 4.61. The molecule has 2 rings (SSSR count). The number of nitrogens with zero attached hydrogens (tertiary/aromatic N) is 1. The largest absolute Gasteiger partial charge is 0.381 e. The van der Waals surface area contributed by atoms with E-state index in [2.05, 4.69) is 54.5 Å². The minimum absolute atomic E-state index is 0.0568. The number of nitrogens with one attached hydrogen (secondary N) is 1. The zero-order chi connectivity index (χ0) is 15.1. The van der Waals surface area contributed by atoms with Crippen LogP contribution in [0.1, 0.15) is 38.7 Å². The fourth-order valence-electron chi connectivity index (χ4n) is 2.73. The van der Waals surface area contributed by atoms with E-state index in [4.69, 9.17) is 10.5 Å². The molecule has 1 aliphatic heterocycles. The van der Waals surface area contributed by atoms with E-state index in [0.29, 0.717) is 12.0 Å². The first-order valence-corrected chi connectivity index (χ1v) is 7.86. The molecule has 1 aliphatic rings. The third-order valence-corrected chi connectivity index (χ3v) is 4.39. The van der Waals surface area contributed by atoms with Gasteiger partial charge in [0, 0.05) is 24.7 Å². The van der Waals surface area contributed by atoms with Gasteiger partial charge in [0.1, 0.15) is 0 Å². The van der Waals surface area contributed by atoms with E-state index in [1.165, 1.54) is 5.56 Å². The van der Waals surface area contributed by atoms with E-state index in [1.807, 2.05) is 0 Å². The number of ether oxygens (including phenoxy) is 1. The zero-order valence-corrected chi connectivity index (χ0v) is 13.1. The molecule has 0 aliphatic carbocycles. The molecule has 1 heterocycles. The fraction of sp³-hybridized carbons (Fsp3) is 0.588. The number of rotatable bonds is 5. The lowest BCUT2D eigenvalue weighted by Gasteiger charge is -2.36. The number of nitrogens with two attached hydrogens (primary N) is 1. The average molecular weight is 289 g/mol. The molecule has 4 nitrogen and oxygen atoms in total. The predicted octanol–water partition coefficient (Wildman–Crippen LogP) is 2.44. The summed E-state index contributed by atoms with van der Waals surface area (Å²) < 4.78 is 5.54. The Labute approximate surface area is 127 Å². The van der Waals surface area contributed by atoms with Crippen molar-refractivity contribution in [3.63, 3.8) is 0 Å². The van der Waals surface area contributed by atoms with Crippen molar-refractivity contribution >= 4 is 5.96 Å². The van der Waals surface area contributed by atoms with Gasteiger partial charge >= 0.3 is 0 Å². The Bertz CT molecular complexity index is 452. The van der Waals surface area contributed by atoms with Crippen molar-refractivity contribution in [3.05, 3.63) is 35.9 Å². The van der Waals surface area contributed by atoms with Crippen LogP contribution in [0.4, 0.5) is 0 Å². The van der Waals surface area contributed by atoms with Gasteiger partial charge in [0.15, 0.2) is 5.96 Å². The van der Waals surface area contributed by atoms with Gasteiger partial charge in [-0.3, -0.25) is 4.99 Å². The minimum atomic E-state index is 0.0568. The molecule has 0 radical (unpaired) electrons. The lowest BCUT2D eigenvalue weighted by atomic mass is 9.74. The Kier molecular flexibility index (Phi) is 5.62. The lowest BCUT2D eigenvalue weighted by Crippen LogP contribution is -2.41. The molecule has 0 saturated carbocycles. The van der Waals surface area contributed by atoms with Crippen molar-refractivity contribution < 1.29 is 4.74 Å². The van der Waals surface area contributed by atoms with Crippen LogP contribution in [0.25, 0.3) is 0 Å². The maximum atomic E-state index is 6.01. The molecule has 1 fully saturated rings. The van der Waals surface area contributed by atoms with Gasteiger partial charge in [-0.1, -0.05) is 37.3 Å². The van der Waals surface area contributed by atoms with Crippen molar-refractivity contribution in [2.75, 3.05) is 19.8 Å². The summed E-state index contributed by atoms with van der Waals surface area (Å²) in [5.74, 6) is 0.547. The summed E-state index contributed by atoms with van der Waals surface area (Å²) in [5.41, 5.74) is 7.41. The third-order valence-electron chi connectivity index (χ3n) is 4.39. The van der Waals surface area contributed by atoms with Crippen LogP contribution in [-0.2, 0) is 10.2 Å². The monoisotopic (exact) mass is 289 g/mol.